The summed E-state index contributed by atoms with van der Waals surface area (Å²) in [5.41, 5.74) is 2.87. The molecule has 192 valence electrons. The average Bonchev–Trinajstić information content (AvgIpc) is 3.15. The fourth-order valence-electron chi connectivity index (χ4n) is 4.66. The van der Waals surface area contributed by atoms with Crippen LogP contribution in [0.2, 0.25) is 0 Å². The molecule has 0 bridgehead atoms. The Labute approximate surface area is 226 Å². The van der Waals surface area contributed by atoms with Gasteiger partial charge >= 0.3 is 0 Å². The van der Waals surface area contributed by atoms with Gasteiger partial charge in [-0.2, -0.15) is 4.72 Å². The van der Waals surface area contributed by atoms with Gasteiger partial charge in [-0.15, -0.1) is 11.6 Å². The van der Waals surface area contributed by atoms with E-state index in [1.807, 2.05) is 37.3 Å². The van der Waals surface area contributed by atoms with Crippen LogP contribution in [0.3, 0.4) is 0 Å². The van der Waals surface area contributed by atoms with Gasteiger partial charge in [-0.25, -0.2) is 8.42 Å². The van der Waals surface area contributed by atoms with Crippen LogP contribution >= 0.6 is 11.6 Å². The largest absolute Gasteiger partial charge is 0.306 e. The predicted octanol–water partition coefficient (Wildman–Crippen LogP) is 5.21. The van der Waals surface area contributed by atoms with Crippen LogP contribution in [0.15, 0.2) is 114 Å². The topological polar surface area (TPSA) is 83.5 Å². The maximum atomic E-state index is 14.1. The van der Waals surface area contributed by atoms with E-state index in [9.17, 15) is 18.0 Å². The van der Waals surface area contributed by atoms with E-state index in [1.54, 1.807) is 66.7 Å². The van der Waals surface area contributed by atoms with E-state index in [0.29, 0.717) is 11.3 Å². The standard InChI is InChI=1S/C30H25ClN2O4S/c1-21-16-18-24(19-17-21)38(36,37)32-28(27(34)23-12-6-3-7-13-23)30(31)25-14-8-9-15-26(25)33(29(30)35)20-22-10-4-2-5-11-22/h2-19,28,32H,20H2,1H3/t28?,30-/m1/s1. The Morgan fingerprint density at radius 2 is 1.45 bits per heavy atom. The first-order valence-corrected chi connectivity index (χ1v) is 13.9. The molecule has 0 radical (unpaired) electrons. The quantitative estimate of drug-likeness (QED) is 0.244. The highest BCUT2D eigenvalue weighted by molar-refractivity contribution is 7.89. The lowest BCUT2D eigenvalue weighted by molar-refractivity contribution is -0.121. The second-order valence-corrected chi connectivity index (χ2v) is 11.5. The molecular weight excluding hydrogens is 520 g/mol. The average molecular weight is 545 g/mol. The van der Waals surface area contributed by atoms with Crippen molar-refractivity contribution in [1.29, 1.82) is 0 Å². The van der Waals surface area contributed by atoms with Crippen LogP contribution in [-0.2, 0) is 26.2 Å². The molecule has 1 amide bonds. The van der Waals surface area contributed by atoms with Gasteiger partial charge in [0.15, 0.2) is 10.7 Å². The van der Waals surface area contributed by atoms with E-state index in [-0.39, 0.29) is 17.0 Å². The molecule has 1 N–H and O–H groups in total. The summed E-state index contributed by atoms with van der Waals surface area (Å²) in [6.07, 6.45) is 0. The molecule has 4 aromatic rings. The molecule has 1 heterocycles. The van der Waals surface area contributed by atoms with E-state index in [1.165, 1.54) is 17.0 Å². The number of nitrogens with zero attached hydrogens (tertiary/aromatic N) is 1. The second-order valence-electron chi connectivity index (χ2n) is 9.20. The Balaban J connectivity index is 1.63. The van der Waals surface area contributed by atoms with Crippen molar-refractivity contribution < 1.29 is 18.0 Å². The number of alkyl halides is 1. The SMILES string of the molecule is Cc1ccc(S(=O)(=O)NC(C(=O)c2ccccc2)[C@@]2(Cl)C(=O)N(Cc3ccccc3)c3ccccc32)cc1. The smallest absolute Gasteiger partial charge is 0.255 e. The van der Waals surface area contributed by atoms with Crippen LogP contribution in [0.1, 0.15) is 27.0 Å². The summed E-state index contributed by atoms with van der Waals surface area (Å²) >= 11 is 7.20. The molecular formula is C30H25ClN2O4S. The summed E-state index contributed by atoms with van der Waals surface area (Å²) in [4.78, 5) is 27.5. The molecule has 0 saturated carbocycles. The van der Waals surface area contributed by atoms with Gasteiger partial charge in [0, 0.05) is 16.8 Å². The van der Waals surface area contributed by atoms with E-state index in [2.05, 4.69) is 4.72 Å². The number of fused-ring (bicyclic) bond motifs is 1. The first kappa shape index (κ1) is 25.9. The summed E-state index contributed by atoms with van der Waals surface area (Å²) in [5, 5.41) is 0. The minimum atomic E-state index is -4.23. The predicted molar refractivity (Wildman–Crippen MR) is 148 cm³/mol. The molecule has 2 atom stereocenters. The van der Waals surface area contributed by atoms with Crippen molar-refractivity contribution in [3.8, 4) is 0 Å². The van der Waals surface area contributed by atoms with Gasteiger partial charge in [0.05, 0.1) is 11.4 Å². The van der Waals surface area contributed by atoms with Crippen LogP contribution in [-0.4, -0.2) is 26.2 Å². The number of hydrogen-bond acceptors (Lipinski definition) is 4. The van der Waals surface area contributed by atoms with Gasteiger partial charge in [0.25, 0.3) is 5.91 Å². The number of hydrogen-bond donors (Lipinski definition) is 1. The number of benzene rings is 4. The van der Waals surface area contributed by atoms with Crippen LogP contribution in [0.25, 0.3) is 0 Å². The highest BCUT2D eigenvalue weighted by atomic mass is 35.5. The minimum Gasteiger partial charge on any atom is -0.306 e. The number of anilines is 1. The summed E-state index contributed by atoms with van der Waals surface area (Å²) in [7, 11) is -4.23. The number of carbonyl (C=O) groups is 2. The monoisotopic (exact) mass is 544 g/mol. The van der Waals surface area contributed by atoms with Gasteiger partial charge in [0.1, 0.15) is 6.04 Å². The summed E-state index contributed by atoms with van der Waals surface area (Å²) < 4.78 is 29.6. The zero-order chi connectivity index (χ0) is 26.9. The molecule has 8 heteroatoms. The zero-order valence-electron chi connectivity index (χ0n) is 20.5. The number of rotatable bonds is 8. The van der Waals surface area contributed by atoms with Crippen LogP contribution in [0, 0.1) is 6.92 Å². The van der Waals surface area contributed by atoms with Crippen LogP contribution in [0.4, 0.5) is 5.69 Å². The normalized spacial score (nSPS) is 17.7. The van der Waals surface area contributed by atoms with E-state index in [0.717, 1.165) is 11.1 Å². The molecule has 1 unspecified atom stereocenters. The van der Waals surface area contributed by atoms with Crippen molar-refractivity contribution >= 4 is 39.0 Å². The molecule has 6 nitrogen and oxygen atoms in total. The molecule has 0 aromatic heterocycles. The molecule has 1 aliphatic heterocycles. The number of aryl methyl sites for hydroxylation is 1. The fourth-order valence-corrected chi connectivity index (χ4v) is 6.37. The number of carbonyl (C=O) groups excluding carboxylic acids is 2. The molecule has 0 fully saturated rings. The summed E-state index contributed by atoms with van der Waals surface area (Å²) in [6, 6.07) is 29.1. The number of sulfonamides is 1. The lowest BCUT2D eigenvalue weighted by Crippen LogP contribution is -2.56. The van der Waals surface area contributed by atoms with Crippen molar-refractivity contribution in [2.75, 3.05) is 4.90 Å². The third kappa shape index (κ3) is 4.65. The lowest BCUT2D eigenvalue weighted by Gasteiger charge is -2.31. The van der Waals surface area contributed by atoms with Crippen LogP contribution < -0.4 is 9.62 Å². The molecule has 4 aromatic carbocycles. The summed E-state index contributed by atoms with van der Waals surface area (Å²) in [6.45, 7) is 2.05. The van der Waals surface area contributed by atoms with Gasteiger partial charge in [-0.05, 0) is 30.7 Å². The maximum Gasteiger partial charge on any atom is 0.255 e. The fraction of sp³-hybridized carbons (Fsp3) is 0.133. The highest BCUT2D eigenvalue weighted by Gasteiger charge is 2.58. The van der Waals surface area contributed by atoms with Crippen molar-refractivity contribution in [3.63, 3.8) is 0 Å². The number of amides is 1. The third-order valence-electron chi connectivity index (χ3n) is 6.65. The van der Waals surface area contributed by atoms with Crippen molar-refractivity contribution in [2.45, 2.75) is 29.3 Å². The van der Waals surface area contributed by atoms with Gasteiger partial charge in [0.2, 0.25) is 10.0 Å². The Morgan fingerprint density at radius 3 is 2.11 bits per heavy atom. The molecule has 0 spiro atoms. The Hall–Kier alpha value is -3.78. The van der Waals surface area contributed by atoms with Crippen LogP contribution in [0.5, 0.6) is 0 Å². The van der Waals surface area contributed by atoms with Crippen molar-refractivity contribution in [1.82, 2.24) is 4.72 Å². The number of para-hydroxylation sites is 1. The molecule has 1 aliphatic rings. The second kappa shape index (κ2) is 10.2. The Morgan fingerprint density at radius 1 is 0.868 bits per heavy atom. The molecule has 5 rings (SSSR count). The molecule has 0 aliphatic carbocycles. The van der Waals surface area contributed by atoms with Gasteiger partial charge in [-0.3, -0.25) is 9.59 Å². The zero-order valence-corrected chi connectivity index (χ0v) is 22.1. The van der Waals surface area contributed by atoms with Crippen molar-refractivity contribution in [2.24, 2.45) is 0 Å². The van der Waals surface area contributed by atoms with E-state index < -0.39 is 32.6 Å². The van der Waals surface area contributed by atoms with E-state index >= 15 is 0 Å². The Kier molecular flexibility index (Phi) is 6.92. The Bertz CT molecular complexity index is 1590. The maximum absolute atomic E-state index is 14.1. The first-order chi connectivity index (χ1) is 18.2. The number of nitrogens with one attached hydrogen (secondary N) is 1. The molecule has 0 saturated heterocycles. The first-order valence-electron chi connectivity index (χ1n) is 12.0. The van der Waals surface area contributed by atoms with E-state index in [4.69, 9.17) is 11.6 Å². The molecule has 38 heavy (non-hydrogen) atoms. The van der Waals surface area contributed by atoms with Crippen molar-refractivity contribution in [3.05, 3.63) is 131 Å². The summed E-state index contributed by atoms with van der Waals surface area (Å²) in [5.74, 6) is -1.19. The van der Waals surface area contributed by atoms with Gasteiger partial charge < -0.3 is 4.90 Å². The minimum absolute atomic E-state index is 0.0332. The lowest BCUT2D eigenvalue weighted by atomic mass is 9.87. The number of halogens is 1. The highest BCUT2D eigenvalue weighted by Crippen LogP contribution is 2.48. The third-order valence-corrected chi connectivity index (χ3v) is 8.67. The number of ketones is 1. The van der Waals surface area contributed by atoms with Gasteiger partial charge in [-0.1, -0.05) is 96.6 Å². The number of Topliss-reactive ketones (excluding diaryl/α,β-unsaturated/α-hetero) is 1.